The number of piperidine rings is 1. The first-order valence-corrected chi connectivity index (χ1v) is 10.3. The lowest BCUT2D eigenvalue weighted by atomic mass is 9.96. The van der Waals surface area contributed by atoms with E-state index in [0.29, 0.717) is 23.1 Å². The zero-order valence-corrected chi connectivity index (χ0v) is 17.8. The minimum Gasteiger partial charge on any atom is -0.325 e. The van der Waals surface area contributed by atoms with Gasteiger partial charge < -0.3 is 10.6 Å². The van der Waals surface area contributed by atoms with Crippen LogP contribution in [0.15, 0.2) is 47.1 Å². The monoisotopic (exact) mass is 464 g/mol. The third-order valence-electron chi connectivity index (χ3n) is 4.84. The summed E-state index contributed by atoms with van der Waals surface area (Å²) in [5.74, 6) is 0.187. The molecule has 8 heteroatoms. The number of carbonyl (C=O) groups excluding carboxylic acids is 2. The van der Waals surface area contributed by atoms with Crippen molar-refractivity contribution in [3.05, 3.63) is 52.1 Å². The zero-order valence-electron chi connectivity index (χ0n) is 15.5. The number of halogens is 2. The highest BCUT2D eigenvalue weighted by atomic mass is 79.9. The van der Waals surface area contributed by atoms with Gasteiger partial charge in [-0.2, -0.15) is 0 Å². The molecule has 1 saturated heterocycles. The molecule has 0 spiro atoms. The molecule has 6 nitrogen and oxygen atoms in total. The van der Waals surface area contributed by atoms with Gasteiger partial charge in [-0.3, -0.25) is 14.5 Å². The van der Waals surface area contributed by atoms with Gasteiger partial charge >= 0.3 is 0 Å². The number of carbonyl (C=O) groups is 2. The fourth-order valence-electron chi connectivity index (χ4n) is 3.20. The fourth-order valence-corrected chi connectivity index (χ4v) is 3.56. The Morgan fingerprint density at radius 3 is 2.64 bits per heavy atom. The van der Waals surface area contributed by atoms with Crippen molar-refractivity contribution in [2.45, 2.75) is 25.8 Å². The first kappa shape index (κ1) is 20.8. The largest absolute Gasteiger partial charge is 0.325 e. The Balaban J connectivity index is 1.56. The number of nitrogens with one attached hydrogen (secondary N) is 2. The smallest absolute Gasteiger partial charge is 0.241 e. The molecule has 0 aliphatic carbocycles. The number of likely N-dealkylation sites (tertiary alicyclic amines) is 1. The van der Waals surface area contributed by atoms with E-state index in [0.717, 1.165) is 23.9 Å². The fraction of sp³-hybridized carbons (Fsp3) is 0.350. The van der Waals surface area contributed by atoms with E-state index in [1.165, 1.54) is 0 Å². The van der Waals surface area contributed by atoms with Crippen LogP contribution < -0.4 is 10.6 Å². The minimum absolute atomic E-state index is 0.0650. The van der Waals surface area contributed by atoms with Gasteiger partial charge in [0.25, 0.3) is 0 Å². The van der Waals surface area contributed by atoms with Crippen LogP contribution in [0, 0.1) is 5.92 Å². The van der Waals surface area contributed by atoms with Gasteiger partial charge in [-0.15, -0.1) is 0 Å². The third-order valence-corrected chi connectivity index (χ3v) is 5.56. The van der Waals surface area contributed by atoms with E-state index < -0.39 is 0 Å². The maximum atomic E-state index is 12.6. The van der Waals surface area contributed by atoms with Crippen molar-refractivity contribution in [1.29, 1.82) is 0 Å². The number of hydrogen-bond donors (Lipinski definition) is 2. The van der Waals surface area contributed by atoms with Crippen molar-refractivity contribution in [3.63, 3.8) is 0 Å². The normalized spacial score (nSPS) is 18.3. The second kappa shape index (κ2) is 9.49. The van der Waals surface area contributed by atoms with Crippen LogP contribution in [-0.2, 0) is 9.59 Å². The predicted octanol–water partition coefficient (Wildman–Crippen LogP) is 4.18. The summed E-state index contributed by atoms with van der Waals surface area (Å²) in [5, 5.41) is 6.38. The van der Waals surface area contributed by atoms with E-state index in [9.17, 15) is 9.59 Å². The van der Waals surface area contributed by atoms with E-state index in [1.54, 1.807) is 36.5 Å². The van der Waals surface area contributed by atoms with Crippen LogP contribution in [-0.4, -0.2) is 40.8 Å². The highest BCUT2D eigenvalue weighted by molar-refractivity contribution is 9.10. The lowest BCUT2D eigenvalue weighted by Crippen LogP contribution is -2.49. The Morgan fingerprint density at radius 2 is 1.96 bits per heavy atom. The lowest BCUT2D eigenvalue weighted by Gasteiger charge is -2.35. The minimum atomic E-state index is -0.336. The van der Waals surface area contributed by atoms with Gasteiger partial charge in [0.2, 0.25) is 11.8 Å². The number of anilines is 2. The molecule has 0 bridgehead atoms. The maximum absolute atomic E-state index is 12.6. The highest BCUT2D eigenvalue weighted by Gasteiger charge is 2.31. The van der Waals surface area contributed by atoms with Gasteiger partial charge in [-0.1, -0.05) is 11.6 Å². The topological polar surface area (TPSA) is 74.3 Å². The molecule has 0 saturated carbocycles. The van der Waals surface area contributed by atoms with Crippen LogP contribution in [0.1, 0.15) is 19.8 Å². The van der Waals surface area contributed by atoms with Gasteiger partial charge in [0.15, 0.2) is 0 Å². The number of aromatic nitrogens is 1. The molecule has 2 amide bonds. The van der Waals surface area contributed by atoms with Crippen LogP contribution >= 0.6 is 27.5 Å². The van der Waals surface area contributed by atoms with Gasteiger partial charge in [0, 0.05) is 27.9 Å². The summed E-state index contributed by atoms with van der Waals surface area (Å²) in [5.41, 5.74) is 0.703. The van der Waals surface area contributed by atoms with Crippen LogP contribution in [0.3, 0.4) is 0 Å². The van der Waals surface area contributed by atoms with E-state index in [4.69, 9.17) is 11.6 Å². The van der Waals surface area contributed by atoms with Crippen molar-refractivity contribution in [2.24, 2.45) is 5.92 Å². The first-order chi connectivity index (χ1) is 13.4. The Labute approximate surface area is 177 Å². The molecule has 1 aliphatic heterocycles. The second-order valence-corrected chi connectivity index (χ2v) is 8.21. The SMILES string of the molecule is CC(C(=O)Nc1ccc(Cl)cc1)N1CCCC(C(=O)Nc2ccc(Br)cn2)C1. The Kier molecular flexibility index (Phi) is 7.04. The van der Waals surface area contributed by atoms with E-state index in [2.05, 4.69) is 31.5 Å². The maximum Gasteiger partial charge on any atom is 0.241 e. The summed E-state index contributed by atoms with van der Waals surface area (Å²) in [6.45, 7) is 3.19. The Bertz CT molecular complexity index is 772. The standard InChI is InChI=1S/C20H22BrClN4O2/c1-13(19(27)24-17-7-5-16(22)6-8-17)26-10-2-3-14(12-26)20(28)25-18-9-4-15(21)11-23-18/h4-9,11,13-14H,2-3,10,12H2,1H3,(H,24,27)(H,23,25,28). The molecule has 2 atom stereocenters. The molecule has 1 aromatic heterocycles. The molecule has 2 aromatic rings. The molecule has 2 N–H and O–H groups in total. The van der Waals surface area contributed by atoms with E-state index >= 15 is 0 Å². The van der Waals surface area contributed by atoms with Crippen molar-refractivity contribution in [3.8, 4) is 0 Å². The highest BCUT2D eigenvalue weighted by Crippen LogP contribution is 2.21. The van der Waals surface area contributed by atoms with Crippen LogP contribution in [0.4, 0.5) is 11.5 Å². The van der Waals surface area contributed by atoms with Gasteiger partial charge in [-0.25, -0.2) is 4.98 Å². The molecule has 0 radical (unpaired) electrons. The summed E-state index contributed by atoms with van der Waals surface area (Å²) in [6.07, 6.45) is 3.31. The van der Waals surface area contributed by atoms with E-state index in [-0.39, 0.29) is 23.8 Å². The second-order valence-electron chi connectivity index (χ2n) is 6.86. The van der Waals surface area contributed by atoms with Crippen LogP contribution in [0.2, 0.25) is 5.02 Å². The molecule has 2 unspecified atom stereocenters. The van der Waals surface area contributed by atoms with Gasteiger partial charge in [-0.05, 0) is 78.6 Å². The zero-order chi connectivity index (χ0) is 20.1. The number of amides is 2. The number of benzene rings is 1. The quantitative estimate of drug-likeness (QED) is 0.695. The average molecular weight is 466 g/mol. The molecular formula is C20H22BrClN4O2. The summed E-state index contributed by atoms with van der Waals surface area (Å²) in [4.78, 5) is 31.4. The Hall–Kier alpha value is -1.96. The van der Waals surface area contributed by atoms with Crippen LogP contribution in [0.25, 0.3) is 0 Å². The Morgan fingerprint density at radius 1 is 1.21 bits per heavy atom. The van der Waals surface area contributed by atoms with Crippen molar-refractivity contribution < 1.29 is 9.59 Å². The summed E-state index contributed by atoms with van der Waals surface area (Å²) < 4.78 is 0.856. The average Bonchev–Trinajstić information content (AvgIpc) is 2.71. The third kappa shape index (κ3) is 5.53. The predicted molar refractivity (Wildman–Crippen MR) is 114 cm³/mol. The number of pyridine rings is 1. The molecule has 1 aliphatic rings. The number of rotatable bonds is 5. The molecule has 28 heavy (non-hydrogen) atoms. The summed E-state index contributed by atoms with van der Waals surface area (Å²) >= 11 is 9.20. The first-order valence-electron chi connectivity index (χ1n) is 9.15. The molecule has 3 rings (SSSR count). The molecule has 1 aromatic carbocycles. The van der Waals surface area contributed by atoms with Crippen LogP contribution in [0.5, 0.6) is 0 Å². The molecular weight excluding hydrogens is 444 g/mol. The molecule has 2 heterocycles. The molecule has 1 fully saturated rings. The van der Waals surface area contributed by atoms with Crippen molar-refractivity contribution in [1.82, 2.24) is 9.88 Å². The van der Waals surface area contributed by atoms with Crippen molar-refractivity contribution >= 4 is 50.9 Å². The van der Waals surface area contributed by atoms with Gasteiger partial charge in [0.1, 0.15) is 5.82 Å². The van der Waals surface area contributed by atoms with Crippen molar-refractivity contribution in [2.75, 3.05) is 23.7 Å². The number of nitrogens with zero attached hydrogens (tertiary/aromatic N) is 2. The van der Waals surface area contributed by atoms with Gasteiger partial charge in [0.05, 0.1) is 12.0 Å². The molecule has 148 valence electrons. The number of hydrogen-bond acceptors (Lipinski definition) is 4. The summed E-state index contributed by atoms with van der Waals surface area (Å²) in [6, 6.07) is 10.3. The summed E-state index contributed by atoms with van der Waals surface area (Å²) in [7, 11) is 0. The lowest BCUT2D eigenvalue weighted by molar-refractivity contribution is -0.125. The van der Waals surface area contributed by atoms with E-state index in [1.807, 2.05) is 17.9 Å².